The number of rotatable bonds is 4. The fraction of sp³-hybridized carbons (Fsp3) is 0.231. The quantitative estimate of drug-likeness (QED) is 0.836. The van der Waals surface area contributed by atoms with Gasteiger partial charge >= 0.3 is 0 Å². The Labute approximate surface area is 106 Å². The van der Waals surface area contributed by atoms with E-state index in [1.54, 1.807) is 24.0 Å². The minimum absolute atomic E-state index is 0.172. The van der Waals surface area contributed by atoms with Crippen LogP contribution in [0.5, 0.6) is 0 Å². The molecule has 0 saturated heterocycles. The highest BCUT2D eigenvalue weighted by Crippen LogP contribution is 2.04. The number of carbonyl (C=O) groups excluding carboxylic acids is 1. The predicted octanol–water partition coefficient (Wildman–Crippen LogP) is 0.809. The molecule has 0 spiro atoms. The molecule has 0 aliphatic heterocycles. The Kier molecular flexibility index (Phi) is 3.74. The molecule has 5 nitrogen and oxygen atoms in total. The van der Waals surface area contributed by atoms with Crippen LogP contribution in [-0.2, 0) is 20.1 Å². The topological polar surface area (TPSA) is 72.9 Å². The lowest BCUT2D eigenvalue weighted by molar-refractivity contribution is 0.0945. The lowest BCUT2D eigenvalue weighted by Crippen LogP contribution is -2.23. The average molecular weight is 244 g/mol. The first-order valence-corrected chi connectivity index (χ1v) is 5.75. The highest BCUT2D eigenvalue weighted by atomic mass is 16.1. The summed E-state index contributed by atoms with van der Waals surface area (Å²) in [6, 6.07) is 9.52. The molecule has 0 atom stereocenters. The van der Waals surface area contributed by atoms with E-state index in [2.05, 4.69) is 10.4 Å². The SMILES string of the molecule is Cn1ccc(C(=O)NCc2cccc(CN)c2)n1. The van der Waals surface area contributed by atoms with Gasteiger partial charge in [-0.25, -0.2) is 0 Å². The highest BCUT2D eigenvalue weighted by Gasteiger charge is 2.07. The molecule has 0 bridgehead atoms. The van der Waals surface area contributed by atoms with E-state index >= 15 is 0 Å². The minimum Gasteiger partial charge on any atom is -0.347 e. The minimum atomic E-state index is -0.172. The number of hydrogen-bond donors (Lipinski definition) is 2. The molecule has 0 aliphatic carbocycles. The molecule has 1 aromatic heterocycles. The van der Waals surface area contributed by atoms with Gasteiger partial charge in [-0.05, 0) is 17.2 Å². The monoisotopic (exact) mass is 244 g/mol. The lowest BCUT2D eigenvalue weighted by Gasteiger charge is -2.05. The number of aromatic nitrogens is 2. The van der Waals surface area contributed by atoms with Crippen LogP contribution in [0.25, 0.3) is 0 Å². The van der Waals surface area contributed by atoms with Crippen LogP contribution >= 0.6 is 0 Å². The predicted molar refractivity (Wildman–Crippen MR) is 68.7 cm³/mol. The Hall–Kier alpha value is -2.14. The molecule has 2 rings (SSSR count). The van der Waals surface area contributed by atoms with Gasteiger partial charge in [-0.15, -0.1) is 0 Å². The van der Waals surface area contributed by atoms with Crippen molar-refractivity contribution in [3.8, 4) is 0 Å². The van der Waals surface area contributed by atoms with Crippen LogP contribution in [0, 0.1) is 0 Å². The van der Waals surface area contributed by atoms with Crippen LogP contribution in [0.3, 0.4) is 0 Å². The summed E-state index contributed by atoms with van der Waals surface area (Å²) < 4.78 is 1.60. The third kappa shape index (κ3) is 2.95. The van der Waals surface area contributed by atoms with Gasteiger partial charge in [0.25, 0.3) is 5.91 Å². The first-order valence-electron chi connectivity index (χ1n) is 5.75. The van der Waals surface area contributed by atoms with Gasteiger partial charge in [0.15, 0.2) is 0 Å². The fourth-order valence-corrected chi connectivity index (χ4v) is 1.68. The van der Waals surface area contributed by atoms with Gasteiger partial charge in [-0.2, -0.15) is 5.10 Å². The van der Waals surface area contributed by atoms with Crippen LogP contribution in [0.15, 0.2) is 36.5 Å². The van der Waals surface area contributed by atoms with E-state index in [0.29, 0.717) is 18.8 Å². The second kappa shape index (κ2) is 5.46. The van der Waals surface area contributed by atoms with Gasteiger partial charge in [0, 0.05) is 26.3 Å². The zero-order valence-corrected chi connectivity index (χ0v) is 10.3. The Morgan fingerprint density at radius 1 is 1.39 bits per heavy atom. The molecule has 0 fully saturated rings. The van der Waals surface area contributed by atoms with Gasteiger partial charge in [0.2, 0.25) is 0 Å². The molecule has 3 N–H and O–H groups in total. The number of nitrogens with one attached hydrogen (secondary N) is 1. The number of nitrogens with zero attached hydrogens (tertiary/aromatic N) is 2. The molecular formula is C13H16N4O. The van der Waals surface area contributed by atoms with Gasteiger partial charge in [0.1, 0.15) is 5.69 Å². The fourth-order valence-electron chi connectivity index (χ4n) is 1.68. The number of amides is 1. The van der Waals surface area contributed by atoms with E-state index in [-0.39, 0.29) is 5.91 Å². The summed E-state index contributed by atoms with van der Waals surface area (Å²) >= 11 is 0. The highest BCUT2D eigenvalue weighted by molar-refractivity contribution is 5.92. The third-order valence-corrected chi connectivity index (χ3v) is 2.63. The number of hydrogen-bond acceptors (Lipinski definition) is 3. The van der Waals surface area contributed by atoms with Crippen LogP contribution in [0.4, 0.5) is 0 Å². The summed E-state index contributed by atoms with van der Waals surface area (Å²) in [5, 5.41) is 6.87. The van der Waals surface area contributed by atoms with Crippen molar-refractivity contribution in [2.24, 2.45) is 12.8 Å². The first kappa shape index (κ1) is 12.3. The van der Waals surface area contributed by atoms with E-state index in [1.165, 1.54) is 0 Å². The van der Waals surface area contributed by atoms with Crippen molar-refractivity contribution < 1.29 is 4.79 Å². The Balaban J connectivity index is 1.97. The van der Waals surface area contributed by atoms with Gasteiger partial charge in [-0.1, -0.05) is 24.3 Å². The largest absolute Gasteiger partial charge is 0.347 e. The maximum atomic E-state index is 11.8. The number of aryl methyl sites for hydroxylation is 1. The number of benzene rings is 1. The van der Waals surface area contributed by atoms with E-state index in [1.807, 2.05) is 24.3 Å². The number of nitrogens with two attached hydrogens (primary N) is 1. The molecule has 0 unspecified atom stereocenters. The zero-order chi connectivity index (χ0) is 13.0. The van der Waals surface area contributed by atoms with Crippen LogP contribution in [-0.4, -0.2) is 15.7 Å². The van der Waals surface area contributed by atoms with Crippen molar-refractivity contribution in [3.63, 3.8) is 0 Å². The maximum absolute atomic E-state index is 11.8. The molecular weight excluding hydrogens is 228 g/mol. The Morgan fingerprint density at radius 2 is 2.17 bits per heavy atom. The summed E-state index contributed by atoms with van der Waals surface area (Å²) in [6.07, 6.45) is 1.74. The second-order valence-electron chi connectivity index (χ2n) is 4.08. The zero-order valence-electron chi connectivity index (χ0n) is 10.3. The maximum Gasteiger partial charge on any atom is 0.272 e. The molecule has 0 saturated carbocycles. The standard InChI is InChI=1S/C13H16N4O/c1-17-6-5-12(16-17)13(18)15-9-11-4-2-3-10(7-11)8-14/h2-7H,8-9,14H2,1H3,(H,15,18). The normalized spacial score (nSPS) is 10.3. The van der Waals surface area contributed by atoms with Crippen molar-refractivity contribution in [3.05, 3.63) is 53.3 Å². The molecule has 0 aliphatic rings. The molecule has 18 heavy (non-hydrogen) atoms. The Bertz CT molecular complexity index is 547. The molecule has 5 heteroatoms. The lowest BCUT2D eigenvalue weighted by atomic mass is 10.1. The van der Waals surface area contributed by atoms with E-state index < -0.39 is 0 Å². The van der Waals surface area contributed by atoms with Crippen molar-refractivity contribution >= 4 is 5.91 Å². The summed E-state index contributed by atoms with van der Waals surface area (Å²) in [6.45, 7) is 0.977. The summed E-state index contributed by atoms with van der Waals surface area (Å²) in [4.78, 5) is 11.8. The van der Waals surface area contributed by atoms with E-state index in [0.717, 1.165) is 11.1 Å². The van der Waals surface area contributed by atoms with Crippen LogP contribution in [0.2, 0.25) is 0 Å². The van der Waals surface area contributed by atoms with Crippen LogP contribution in [0.1, 0.15) is 21.6 Å². The smallest absolute Gasteiger partial charge is 0.272 e. The average Bonchev–Trinajstić information content (AvgIpc) is 2.83. The van der Waals surface area contributed by atoms with Crippen molar-refractivity contribution in [2.75, 3.05) is 0 Å². The third-order valence-electron chi connectivity index (χ3n) is 2.63. The van der Waals surface area contributed by atoms with E-state index in [4.69, 9.17) is 5.73 Å². The molecule has 1 heterocycles. The van der Waals surface area contributed by atoms with Gasteiger partial charge in [-0.3, -0.25) is 9.48 Å². The van der Waals surface area contributed by atoms with E-state index in [9.17, 15) is 4.79 Å². The van der Waals surface area contributed by atoms with Gasteiger partial charge < -0.3 is 11.1 Å². The van der Waals surface area contributed by atoms with Crippen molar-refractivity contribution in [1.82, 2.24) is 15.1 Å². The molecule has 94 valence electrons. The molecule has 1 aromatic carbocycles. The summed E-state index contributed by atoms with van der Waals surface area (Å²) in [7, 11) is 1.78. The van der Waals surface area contributed by atoms with Crippen molar-refractivity contribution in [1.29, 1.82) is 0 Å². The molecule has 0 radical (unpaired) electrons. The Morgan fingerprint density at radius 3 is 2.83 bits per heavy atom. The van der Waals surface area contributed by atoms with Gasteiger partial charge in [0.05, 0.1) is 0 Å². The first-order chi connectivity index (χ1) is 8.69. The molecule has 1 amide bonds. The van der Waals surface area contributed by atoms with Crippen molar-refractivity contribution in [2.45, 2.75) is 13.1 Å². The summed E-state index contributed by atoms with van der Waals surface area (Å²) in [5.41, 5.74) is 8.08. The number of carbonyl (C=O) groups is 1. The summed E-state index contributed by atoms with van der Waals surface area (Å²) in [5.74, 6) is -0.172. The van der Waals surface area contributed by atoms with Crippen LogP contribution < -0.4 is 11.1 Å². The second-order valence-corrected chi connectivity index (χ2v) is 4.08. The molecule has 2 aromatic rings.